The summed E-state index contributed by atoms with van der Waals surface area (Å²) in [5, 5.41) is 10.7. The van der Waals surface area contributed by atoms with Crippen molar-refractivity contribution in [2.75, 3.05) is 6.61 Å². The number of H-pyrrole nitrogens is 2. The second-order valence-corrected chi connectivity index (χ2v) is 8.60. The highest BCUT2D eigenvalue weighted by molar-refractivity contribution is 5.98. The molecule has 0 bridgehead atoms. The van der Waals surface area contributed by atoms with E-state index in [1.165, 1.54) is 12.8 Å². The first-order chi connectivity index (χ1) is 14.2. The Bertz CT molecular complexity index is 903. The molecule has 30 heavy (non-hydrogen) atoms. The Labute approximate surface area is 177 Å². The minimum absolute atomic E-state index is 0.264. The summed E-state index contributed by atoms with van der Waals surface area (Å²) in [7, 11) is 0. The predicted molar refractivity (Wildman–Crippen MR) is 112 cm³/mol. The van der Waals surface area contributed by atoms with Gasteiger partial charge in [-0.2, -0.15) is 5.10 Å². The van der Waals surface area contributed by atoms with Crippen molar-refractivity contribution in [3.05, 3.63) is 40.0 Å². The Morgan fingerprint density at radius 1 is 1.20 bits per heavy atom. The van der Waals surface area contributed by atoms with E-state index in [0.717, 1.165) is 11.4 Å². The molecule has 0 aromatic carbocycles. The van der Waals surface area contributed by atoms with Crippen molar-refractivity contribution in [3.8, 4) is 0 Å². The Hall–Kier alpha value is -2.61. The summed E-state index contributed by atoms with van der Waals surface area (Å²) in [4.78, 5) is 28.5. The number of nitrogens with one attached hydrogen (secondary N) is 3. The molecule has 2 aromatic heterocycles. The fourth-order valence-corrected chi connectivity index (χ4v) is 3.42. The van der Waals surface area contributed by atoms with Gasteiger partial charge in [-0.15, -0.1) is 0 Å². The fraction of sp³-hybridized carbons (Fsp3) is 0.591. The van der Waals surface area contributed by atoms with Crippen LogP contribution in [0.25, 0.3) is 0 Å². The molecule has 1 aliphatic rings. The number of rotatable bonds is 9. The first kappa shape index (κ1) is 22.1. The van der Waals surface area contributed by atoms with Crippen LogP contribution in [0.15, 0.2) is 6.07 Å². The molecule has 1 saturated carbocycles. The Morgan fingerprint density at radius 3 is 2.53 bits per heavy atom. The molecule has 164 valence electrons. The summed E-state index contributed by atoms with van der Waals surface area (Å²) < 4.78 is 10.8. The Kier molecular flexibility index (Phi) is 6.65. The molecular weight excluding hydrogens is 384 g/mol. The lowest BCUT2D eigenvalue weighted by atomic mass is 10.1. The zero-order valence-electron chi connectivity index (χ0n) is 18.5. The van der Waals surface area contributed by atoms with E-state index in [2.05, 4.69) is 26.6 Å². The summed E-state index contributed by atoms with van der Waals surface area (Å²) >= 11 is 0. The minimum Gasteiger partial charge on any atom is -0.462 e. The summed E-state index contributed by atoms with van der Waals surface area (Å²) in [6, 6.07) is 2.08. The lowest BCUT2D eigenvalue weighted by molar-refractivity contribution is 0.00621. The van der Waals surface area contributed by atoms with Crippen molar-refractivity contribution in [2.45, 2.75) is 78.5 Å². The molecule has 0 aliphatic heterocycles. The first-order valence-electron chi connectivity index (χ1n) is 10.6. The van der Waals surface area contributed by atoms with Gasteiger partial charge in [0.25, 0.3) is 0 Å². The molecular formula is C22H32N4O4. The zero-order valence-corrected chi connectivity index (χ0v) is 18.5. The van der Waals surface area contributed by atoms with Gasteiger partial charge in [0.05, 0.1) is 17.9 Å². The molecule has 8 heteroatoms. The maximum Gasteiger partial charge on any atom is 0.355 e. The lowest BCUT2D eigenvalue weighted by Crippen LogP contribution is -2.24. The van der Waals surface area contributed by atoms with E-state index >= 15 is 0 Å². The van der Waals surface area contributed by atoms with Crippen molar-refractivity contribution in [3.63, 3.8) is 0 Å². The second kappa shape index (κ2) is 9.04. The van der Waals surface area contributed by atoms with Crippen molar-refractivity contribution in [2.24, 2.45) is 0 Å². The van der Waals surface area contributed by atoms with Gasteiger partial charge in [-0.3, -0.25) is 5.10 Å². The third-order valence-electron chi connectivity index (χ3n) is 4.88. The maximum atomic E-state index is 12.7. The van der Waals surface area contributed by atoms with Gasteiger partial charge in [0, 0.05) is 30.4 Å². The third kappa shape index (κ3) is 5.30. The number of hydrogen-bond acceptors (Lipinski definition) is 6. The maximum absolute atomic E-state index is 12.7. The van der Waals surface area contributed by atoms with Crippen molar-refractivity contribution < 1.29 is 19.1 Å². The largest absolute Gasteiger partial charge is 0.462 e. The standard InChI is InChI=1S/C22H32N4O4/c1-6-15-18(20(27)29-7-2)17(24-19(15)21(28)30-22(3,4)5)12-23-11-14-10-16(26-25-14)13-8-9-13/h10,13,23-24H,6-9,11-12H2,1-5H3,(H,25,26). The molecule has 8 nitrogen and oxygen atoms in total. The van der Waals surface area contributed by atoms with Crippen LogP contribution in [0.4, 0.5) is 0 Å². The zero-order chi connectivity index (χ0) is 21.9. The van der Waals surface area contributed by atoms with Gasteiger partial charge in [0.15, 0.2) is 0 Å². The van der Waals surface area contributed by atoms with Gasteiger partial charge < -0.3 is 19.8 Å². The molecule has 0 spiro atoms. The summed E-state index contributed by atoms with van der Waals surface area (Å²) in [5.74, 6) is -0.314. The van der Waals surface area contributed by atoms with Gasteiger partial charge >= 0.3 is 11.9 Å². The van der Waals surface area contributed by atoms with Crippen molar-refractivity contribution in [1.29, 1.82) is 0 Å². The smallest absolute Gasteiger partial charge is 0.355 e. The minimum atomic E-state index is -0.629. The van der Waals surface area contributed by atoms with E-state index in [-0.39, 0.29) is 6.61 Å². The van der Waals surface area contributed by atoms with Gasteiger partial charge in [-0.25, -0.2) is 9.59 Å². The Morgan fingerprint density at radius 2 is 1.93 bits per heavy atom. The second-order valence-electron chi connectivity index (χ2n) is 8.60. The van der Waals surface area contributed by atoms with E-state index < -0.39 is 17.5 Å². The van der Waals surface area contributed by atoms with E-state index in [9.17, 15) is 9.59 Å². The summed E-state index contributed by atoms with van der Waals surface area (Å²) in [6.45, 7) is 10.3. The average molecular weight is 417 g/mol. The van der Waals surface area contributed by atoms with Gasteiger partial charge in [0.1, 0.15) is 11.3 Å². The molecule has 0 amide bonds. The van der Waals surface area contributed by atoms with Crippen LogP contribution in [0.5, 0.6) is 0 Å². The number of carbonyl (C=O) groups excluding carboxylic acids is 2. The number of hydrogen-bond donors (Lipinski definition) is 3. The lowest BCUT2D eigenvalue weighted by Gasteiger charge is -2.19. The Balaban J connectivity index is 1.79. The molecule has 2 aromatic rings. The molecule has 0 unspecified atom stereocenters. The number of esters is 2. The van der Waals surface area contributed by atoms with Gasteiger partial charge in [0.2, 0.25) is 0 Å². The topological polar surface area (TPSA) is 109 Å². The highest BCUT2D eigenvalue weighted by Crippen LogP contribution is 2.39. The van der Waals surface area contributed by atoms with Crippen LogP contribution < -0.4 is 5.32 Å². The molecule has 0 atom stereocenters. The molecule has 2 heterocycles. The highest BCUT2D eigenvalue weighted by Gasteiger charge is 2.29. The highest BCUT2D eigenvalue weighted by atomic mass is 16.6. The summed E-state index contributed by atoms with van der Waals surface area (Å²) in [5.41, 5.74) is 3.44. The molecule has 0 radical (unpaired) electrons. The summed E-state index contributed by atoms with van der Waals surface area (Å²) in [6.07, 6.45) is 2.91. The molecule has 1 fully saturated rings. The number of aromatic amines is 2. The van der Waals surface area contributed by atoms with Crippen LogP contribution in [0, 0.1) is 0 Å². The van der Waals surface area contributed by atoms with Gasteiger partial charge in [-0.05, 0) is 58.6 Å². The van der Waals surface area contributed by atoms with Crippen LogP contribution in [0.3, 0.4) is 0 Å². The molecule has 1 aliphatic carbocycles. The van der Waals surface area contributed by atoms with E-state index in [4.69, 9.17) is 9.47 Å². The number of nitrogens with zero attached hydrogens (tertiary/aromatic N) is 1. The first-order valence-corrected chi connectivity index (χ1v) is 10.6. The average Bonchev–Trinajstić information content (AvgIpc) is 3.28. The fourth-order valence-electron chi connectivity index (χ4n) is 3.42. The number of carbonyl (C=O) groups is 2. The monoisotopic (exact) mass is 416 g/mol. The van der Waals surface area contributed by atoms with Crippen molar-refractivity contribution in [1.82, 2.24) is 20.5 Å². The van der Waals surface area contributed by atoms with Crippen molar-refractivity contribution >= 4 is 11.9 Å². The molecule has 3 N–H and O–H groups in total. The number of aromatic nitrogens is 3. The SMILES string of the molecule is CCOC(=O)c1c(CNCc2cc(C3CC3)n[nH]2)[nH]c(C(=O)OC(C)(C)C)c1CC. The number of ether oxygens (including phenoxy) is 2. The predicted octanol–water partition coefficient (Wildman–Crippen LogP) is 3.60. The quantitative estimate of drug-likeness (QED) is 0.539. The van der Waals surface area contributed by atoms with E-state index in [1.54, 1.807) is 6.92 Å². The molecule has 3 rings (SSSR count). The normalized spacial score (nSPS) is 14.0. The van der Waals surface area contributed by atoms with E-state index in [1.807, 2.05) is 27.7 Å². The van der Waals surface area contributed by atoms with Crippen LogP contribution in [0.1, 0.15) is 96.9 Å². The van der Waals surface area contributed by atoms with Gasteiger partial charge in [-0.1, -0.05) is 6.92 Å². The van der Waals surface area contributed by atoms with Crippen LogP contribution in [-0.2, 0) is 29.0 Å². The van der Waals surface area contributed by atoms with Crippen LogP contribution in [-0.4, -0.2) is 39.3 Å². The van der Waals surface area contributed by atoms with Crippen LogP contribution in [0.2, 0.25) is 0 Å². The van der Waals surface area contributed by atoms with Crippen LogP contribution >= 0.6 is 0 Å². The van der Waals surface area contributed by atoms with E-state index in [0.29, 0.717) is 47.9 Å². The molecule has 0 saturated heterocycles. The third-order valence-corrected chi connectivity index (χ3v) is 4.88.